The average Bonchev–Trinajstić information content (AvgIpc) is 2.41. The second-order valence-electron chi connectivity index (χ2n) is 4.49. The van der Waals surface area contributed by atoms with Crippen molar-refractivity contribution in [2.75, 3.05) is 0 Å². The molecule has 0 aliphatic carbocycles. The summed E-state index contributed by atoms with van der Waals surface area (Å²) in [4.78, 5) is 9.01. The molecule has 0 aliphatic rings. The van der Waals surface area contributed by atoms with E-state index in [1.54, 1.807) is 0 Å². The van der Waals surface area contributed by atoms with E-state index in [4.69, 9.17) is 0 Å². The molecule has 0 amide bonds. The van der Waals surface area contributed by atoms with Crippen LogP contribution in [0.25, 0.3) is 12.2 Å². The number of aromatic nitrogens is 2. The molecule has 0 radical (unpaired) electrons. The fourth-order valence-corrected chi connectivity index (χ4v) is 1.77. The van der Waals surface area contributed by atoms with Crippen molar-refractivity contribution >= 4 is 12.2 Å². The third-order valence-corrected chi connectivity index (χ3v) is 2.97. The van der Waals surface area contributed by atoms with Gasteiger partial charge in [-0.15, -0.1) is 0 Å². The maximum atomic E-state index is 4.53. The molecule has 2 aromatic rings. The van der Waals surface area contributed by atoms with Gasteiger partial charge in [0.25, 0.3) is 0 Å². The highest BCUT2D eigenvalue weighted by Crippen LogP contribution is 2.09. The summed E-state index contributed by atoms with van der Waals surface area (Å²) >= 11 is 0. The number of aryl methyl sites for hydroxylation is 3. The molecular weight excluding hydrogens is 232 g/mol. The van der Waals surface area contributed by atoms with Crippen LogP contribution in [0.3, 0.4) is 0 Å². The molecule has 0 fully saturated rings. The predicted molar refractivity (Wildman–Crippen MR) is 80.8 cm³/mol. The Morgan fingerprint density at radius 3 is 2.11 bits per heavy atom. The molecule has 0 atom stereocenters. The standard InChI is InChI=1S/C17H18N2/c1-13-14(2)19-17(15(3)18-13)12-8-7-11-16-9-5-4-6-10-16/h4-12H,1-3H3/b11-7+,12-8+. The maximum Gasteiger partial charge on any atom is 0.0845 e. The van der Waals surface area contributed by atoms with Gasteiger partial charge in [-0.25, -0.2) is 4.98 Å². The summed E-state index contributed by atoms with van der Waals surface area (Å²) < 4.78 is 0. The number of hydrogen-bond donors (Lipinski definition) is 0. The van der Waals surface area contributed by atoms with Crippen molar-refractivity contribution in [1.29, 1.82) is 0 Å². The van der Waals surface area contributed by atoms with Gasteiger partial charge in [-0.05, 0) is 32.4 Å². The van der Waals surface area contributed by atoms with Crippen molar-refractivity contribution in [1.82, 2.24) is 9.97 Å². The van der Waals surface area contributed by atoms with Gasteiger partial charge in [0.05, 0.1) is 22.8 Å². The van der Waals surface area contributed by atoms with Crippen LogP contribution in [0.15, 0.2) is 42.5 Å². The van der Waals surface area contributed by atoms with Gasteiger partial charge in [0.15, 0.2) is 0 Å². The molecule has 0 unspecified atom stereocenters. The summed E-state index contributed by atoms with van der Waals surface area (Å²) in [5, 5.41) is 0. The highest BCUT2D eigenvalue weighted by Gasteiger charge is 2.01. The normalized spacial score (nSPS) is 11.5. The topological polar surface area (TPSA) is 25.8 Å². The molecule has 0 bridgehead atoms. The van der Waals surface area contributed by atoms with E-state index in [2.05, 4.69) is 28.2 Å². The Labute approximate surface area is 114 Å². The maximum absolute atomic E-state index is 4.53. The van der Waals surface area contributed by atoms with Crippen LogP contribution in [0.2, 0.25) is 0 Å². The first-order chi connectivity index (χ1) is 9.16. The molecule has 2 rings (SSSR count). The quantitative estimate of drug-likeness (QED) is 0.765. The van der Waals surface area contributed by atoms with E-state index in [1.807, 2.05) is 57.2 Å². The second-order valence-corrected chi connectivity index (χ2v) is 4.49. The molecule has 0 spiro atoms. The fraction of sp³-hybridized carbons (Fsp3) is 0.176. The number of rotatable bonds is 3. The highest BCUT2D eigenvalue weighted by molar-refractivity contribution is 5.56. The van der Waals surface area contributed by atoms with Crippen LogP contribution in [-0.2, 0) is 0 Å². The smallest absolute Gasteiger partial charge is 0.0845 e. The molecule has 0 N–H and O–H groups in total. The SMILES string of the molecule is Cc1nc(C)c(/C=C/C=C/c2ccccc2)nc1C. The molecule has 0 saturated carbocycles. The third kappa shape index (κ3) is 3.62. The minimum absolute atomic E-state index is 0.931. The zero-order valence-electron chi connectivity index (χ0n) is 11.6. The summed E-state index contributed by atoms with van der Waals surface area (Å²) in [6.07, 6.45) is 8.08. The Morgan fingerprint density at radius 2 is 1.37 bits per heavy atom. The van der Waals surface area contributed by atoms with Crippen LogP contribution in [0.1, 0.15) is 28.3 Å². The minimum atomic E-state index is 0.931. The van der Waals surface area contributed by atoms with Crippen LogP contribution >= 0.6 is 0 Å². The molecule has 0 saturated heterocycles. The van der Waals surface area contributed by atoms with Crippen molar-refractivity contribution in [3.05, 3.63) is 70.8 Å². The van der Waals surface area contributed by atoms with Crippen molar-refractivity contribution in [3.63, 3.8) is 0 Å². The van der Waals surface area contributed by atoms with E-state index in [9.17, 15) is 0 Å². The summed E-state index contributed by atoms with van der Waals surface area (Å²) in [5.74, 6) is 0. The van der Waals surface area contributed by atoms with Gasteiger partial charge in [0, 0.05) is 0 Å². The Hall–Kier alpha value is -2.22. The summed E-state index contributed by atoms with van der Waals surface area (Å²) in [7, 11) is 0. The second kappa shape index (κ2) is 6.10. The molecule has 2 nitrogen and oxygen atoms in total. The Balaban J connectivity index is 2.11. The molecule has 19 heavy (non-hydrogen) atoms. The van der Waals surface area contributed by atoms with Gasteiger partial charge >= 0.3 is 0 Å². The molecule has 2 heteroatoms. The first-order valence-electron chi connectivity index (χ1n) is 6.38. The molecule has 0 aliphatic heterocycles. The van der Waals surface area contributed by atoms with Gasteiger partial charge in [-0.3, -0.25) is 4.98 Å². The zero-order chi connectivity index (χ0) is 13.7. The van der Waals surface area contributed by atoms with E-state index in [1.165, 1.54) is 5.56 Å². The first-order valence-corrected chi connectivity index (χ1v) is 6.38. The van der Waals surface area contributed by atoms with Gasteiger partial charge in [-0.1, -0.05) is 48.6 Å². The van der Waals surface area contributed by atoms with E-state index >= 15 is 0 Å². The lowest BCUT2D eigenvalue weighted by Gasteiger charge is -2.03. The van der Waals surface area contributed by atoms with Gasteiger partial charge < -0.3 is 0 Å². The largest absolute Gasteiger partial charge is 0.254 e. The fourth-order valence-electron chi connectivity index (χ4n) is 1.77. The van der Waals surface area contributed by atoms with Gasteiger partial charge in [0.1, 0.15) is 0 Å². The van der Waals surface area contributed by atoms with Crippen molar-refractivity contribution < 1.29 is 0 Å². The lowest BCUT2D eigenvalue weighted by Crippen LogP contribution is -1.98. The summed E-state index contributed by atoms with van der Waals surface area (Å²) in [6.45, 7) is 5.96. The van der Waals surface area contributed by atoms with Crippen LogP contribution in [0.5, 0.6) is 0 Å². The number of hydrogen-bond acceptors (Lipinski definition) is 2. The van der Waals surface area contributed by atoms with Crippen LogP contribution in [0, 0.1) is 20.8 Å². The third-order valence-electron chi connectivity index (χ3n) is 2.97. The average molecular weight is 250 g/mol. The van der Waals surface area contributed by atoms with Crippen LogP contribution in [0.4, 0.5) is 0 Å². The Bertz CT molecular complexity index is 611. The molecule has 96 valence electrons. The van der Waals surface area contributed by atoms with Crippen molar-refractivity contribution in [2.45, 2.75) is 20.8 Å². The molecule has 1 heterocycles. The van der Waals surface area contributed by atoms with E-state index in [0.717, 1.165) is 22.8 Å². The number of nitrogens with zero attached hydrogens (tertiary/aromatic N) is 2. The van der Waals surface area contributed by atoms with Gasteiger partial charge in [0.2, 0.25) is 0 Å². The predicted octanol–water partition coefficient (Wildman–Crippen LogP) is 4.13. The van der Waals surface area contributed by atoms with E-state index < -0.39 is 0 Å². The molecule has 1 aromatic carbocycles. The Morgan fingerprint density at radius 1 is 0.737 bits per heavy atom. The van der Waals surface area contributed by atoms with E-state index in [-0.39, 0.29) is 0 Å². The summed E-state index contributed by atoms with van der Waals surface area (Å²) in [5.41, 5.74) is 5.06. The molecular formula is C17H18N2. The van der Waals surface area contributed by atoms with Crippen molar-refractivity contribution in [3.8, 4) is 0 Å². The monoisotopic (exact) mass is 250 g/mol. The van der Waals surface area contributed by atoms with Crippen LogP contribution in [-0.4, -0.2) is 9.97 Å². The van der Waals surface area contributed by atoms with Gasteiger partial charge in [-0.2, -0.15) is 0 Å². The lowest BCUT2D eigenvalue weighted by molar-refractivity contribution is 0.991. The first kappa shape index (κ1) is 13.2. The van der Waals surface area contributed by atoms with E-state index in [0.29, 0.717) is 0 Å². The van der Waals surface area contributed by atoms with Crippen LogP contribution < -0.4 is 0 Å². The highest BCUT2D eigenvalue weighted by atomic mass is 14.8. The lowest BCUT2D eigenvalue weighted by atomic mass is 10.2. The van der Waals surface area contributed by atoms with Crippen molar-refractivity contribution in [2.24, 2.45) is 0 Å². The minimum Gasteiger partial charge on any atom is -0.254 e. The number of benzene rings is 1. The zero-order valence-corrected chi connectivity index (χ0v) is 11.6. The summed E-state index contributed by atoms with van der Waals surface area (Å²) in [6, 6.07) is 10.2. The number of allylic oxidation sites excluding steroid dienone is 2. The molecule has 1 aromatic heterocycles. The Kier molecular flexibility index (Phi) is 4.24.